The summed E-state index contributed by atoms with van der Waals surface area (Å²) in [5, 5.41) is 0. The van der Waals surface area contributed by atoms with E-state index in [4.69, 9.17) is 0 Å². The number of hydrogen-bond acceptors (Lipinski definition) is 4. The first kappa shape index (κ1) is 21.2. The van der Waals surface area contributed by atoms with Crippen LogP contribution in [0.2, 0.25) is 0 Å². The number of rotatable bonds is 7. The maximum atomic E-state index is 13.3. The van der Waals surface area contributed by atoms with Crippen molar-refractivity contribution < 1.29 is 4.79 Å². The standard InChI is InChI=1S/C26H24N4O2/c1-19-23(26(32)29-25(28-19)22-13-8-14-27-16-22)15-24(31)30(17-20-9-4-2-5-10-20)18-21-11-6-3-7-12-21/h2-14,16H,15,17-18H2,1H3,(H,28,29,32). The van der Waals surface area contributed by atoms with E-state index in [0.717, 1.165) is 16.7 Å². The van der Waals surface area contributed by atoms with Crippen LogP contribution in [0.4, 0.5) is 0 Å². The van der Waals surface area contributed by atoms with Crippen LogP contribution in [-0.2, 0) is 24.3 Å². The highest BCUT2D eigenvalue weighted by atomic mass is 16.2. The number of pyridine rings is 1. The van der Waals surface area contributed by atoms with E-state index in [9.17, 15) is 9.59 Å². The number of carbonyl (C=O) groups is 1. The van der Waals surface area contributed by atoms with Gasteiger partial charge in [-0.05, 0) is 30.2 Å². The SMILES string of the molecule is Cc1nc(-c2cccnc2)[nH]c(=O)c1CC(=O)N(Cc1ccccc1)Cc1ccccc1. The molecular formula is C26H24N4O2. The molecule has 160 valence electrons. The summed E-state index contributed by atoms with van der Waals surface area (Å²) in [4.78, 5) is 39.3. The Morgan fingerprint density at radius 1 is 0.906 bits per heavy atom. The van der Waals surface area contributed by atoms with E-state index in [1.165, 1.54) is 0 Å². The van der Waals surface area contributed by atoms with E-state index in [0.29, 0.717) is 30.2 Å². The summed E-state index contributed by atoms with van der Waals surface area (Å²) in [6.45, 7) is 2.69. The lowest BCUT2D eigenvalue weighted by Gasteiger charge is -2.23. The lowest BCUT2D eigenvalue weighted by molar-refractivity contribution is -0.131. The van der Waals surface area contributed by atoms with Gasteiger partial charge >= 0.3 is 0 Å². The average molecular weight is 425 g/mol. The van der Waals surface area contributed by atoms with Crippen molar-refractivity contribution in [1.29, 1.82) is 0 Å². The van der Waals surface area contributed by atoms with Crippen molar-refractivity contribution in [3.63, 3.8) is 0 Å². The highest BCUT2D eigenvalue weighted by Crippen LogP contribution is 2.15. The number of aromatic amines is 1. The number of benzene rings is 2. The Balaban J connectivity index is 1.59. The van der Waals surface area contributed by atoms with Crippen molar-refractivity contribution >= 4 is 5.91 Å². The molecule has 4 aromatic rings. The van der Waals surface area contributed by atoms with Crippen molar-refractivity contribution in [2.24, 2.45) is 0 Å². The molecule has 0 unspecified atom stereocenters. The monoisotopic (exact) mass is 424 g/mol. The Kier molecular flexibility index (Phi) is 6.51. The smallest absolute Gasteiger partial charge is 0.255 e. The first-order valence-corrected chi connectivity index (χ1v) is 10.5. The molecule has 0 saturated carbocycles. The number of nitrogens with one attached hydrogen (secondary N) is 1. The van der Waals surface area contributed by atoms with Gasteiger partial charge in [-0.2, -0.15) is 0 Å². The summed E-state index contributed by atoms with van der Waals surface area (Å²) in [6, 6.07) is 23.3. The number of aromatic nitrogens is 3. The molecule has 6 nitrogen and oxygen atoms in total. The van der Waals surface area contributed by atoms with Gasteiger partial charge in [0.05, 0.1) is 6.42 Å². The Morgan fingerprint density at radius 2 is 1.53 bits per heavy atom. The zero-order valence-electron chi connectivity index (χ0n) is 17.9. The van der Waals surface area contributed by atoms with Gasteiger partial charge in [-0.15, -0.1) is 0 Å². The third kappa shape index (κ3) is 5.16. The number of H-pyrrole nitrogens is 1. The van der Waals surface area contributed by atoms with Crippen molar-refractivity contribution in [2.75, 3.05) is 0 Å². The fourth-order valence-corrected chi connectivity index (χ4v) is 3.56. The molecule has 2 aromatic carbocycles. The fraction of sp³-hybridized carbons (Fsp3) is 0.154. The van der Waals surface area contributed by atoms with Crippen LogP contribution in [0.1, 0.15) is 22.4 Å². The van der Waals surface area contributed by atoms with Crippen LogP contribution in [0.15, 0.2) is 90.0 Å². The van der Waals surface area contributed by atoms with Crippen LogP contribution >= 0.6 is 0 Å². The zero-order valence-corrected chi connectivity index (χ0v) is 17.9. The highest BCUT2D eigenvalue weighted by Gasteiger charge is 2.19. The topological polar surface area (TPSA) is 79.0 Å². The summed E-state index contributed by atoms with van der Waals surface area (Å²) in [6.07, 6.45) is 3.29. The van der Waals surface area contributed by atoms with Gasteiger partial charge in [0.25, 0.3) is 5.56 Å². The largest absolute Gasteiger partial charge is 0.334 e. The minimum Gasteiger partial charge on any atom is -0.334 e. The zero-order chi connectivity index (χ0) is 22.3. The fourth-order valence-electron chi connectivity index (χ4n) is 3.56. The van der Waals surface area contributed by atoms with Crippen molar-refractivity contribution in [3.05, 3.63) is 118 Å². The predicted molar refractivity (Wildman–Crippen MR) is 124 cm³/mol. The molecule has 2 heterocycles. The van der Waals surface area contributed by atoms with Crippen LogP contribution < -0.4 is 5.56 Å². The molecular weight excluding hydrogens is 400 g/mol. The van der Waals surface area contributed by atoms with Crippen LogP contribution in [0.5, 0.6) is 0 Å². The molecule has 2 aromatic heterocycles. The molecule has 0 atom stereocenters. The molecule has 0 radical (unpaired) electrons. The summed E-state index contributed by atoms with van der Waals surface area (Å²) < 4.78 is 0. The van der Waals surface area contributed by atoms with Gasteiger partial charge in [0.15, 0.2) is 0 Å². The third-order valence-electron chi connectivity index (χ3n) is 5.27. The maximum absolute atomic E-state index is 13.3. The second-order valence-electron chi connectivity index (χ2n) is 7.62. The molecule has 0 spiro atoms. The van der Waals surface area contributed by atoms with Gasteiger partial charge in [0.2, 0.25) is 5.91 Å². The summed E-state index contributed by atoms with van der Waals surface area (Å²) in [5.41, 5.74) is 3.42. The summed E-state index contributed by atoms with van der Waals surface area (Å²) in [5.74, 6) is 0.324. The van der Waals surface area contributed by atoms with Crippen LogP contribution in [0.3, 0.4) is 0 Å². The molecule has 1 N–H and O–H groups in total. The van der Waals surface area contributed by atoms with Gasteiger partial charge in [-0.1, -0.05) is 60.7 Å². The number of amides is 1. The van der Waals surface area contributed by atoms with Gasteiger partial charge in [0, 0.05) is 42.3 Å². The number of aryl methyl sites for hydroxylation is 1. The predicted octanol–water partition coefficient (Wildman–Crippen LogP) is 3.91. The number of hydrogen-bond donors (Lipinski definition) is 1. The van der Waals surface area contributed by atoms with E-state index in [-0.39, 0.29) is 17.9 Å². The Hall–Kier alpha value is -4.06. The lowest BCUT2D eigenvalue weighted by atomic mass is 10.1. The molecule has 6 heteroatoms. The Labute approximate surface area is 186 Å². The maximum Gasteiger partial charge on any atom is 0.255 e. The molecule has 4 rings (SSSR count). The van der Waals surface area contributed by atoms with Gasteiger partial charge < -0.3 is 9.88 Å². The lowest BCUT2D eigenvalue weighted by Crippen LogP contribution is -2.33. The highest BCUT2D eigenvalue weighted by molar-refractivity contribution is 5.79. The molecule has 0 aliphatic rings. The second-order valence-corrected chi connectivity index (χ2v) is 7.62. The molecule has 32 heavy (non-hydrogen) atoms. The first-order chi connectivity index (χ1) is 15.6. The van der Waals surface area contributed by atoms with E-state index in [1.807, 2.05) is 66.7 Å². The molecule has 0 saturated heterocycles. The third-order valence-corrected chi connectivity index (χ3v) is 5.27. The van der Waals surface area contributed by atoms with E-state index in [1.54, 1.807) is 30.3 Å². The summed E-state index contributed by atoms with van der Waals surface area (Å²) >= 11 is 0. The Morgan fingerprint density at radius 3 is 2.06 bits per heavy atom. The van der Waals surface area contributed by atoms with Crippen molar-refractivity contribution in [3.8, 4) is 11.4 Å². The minimum absolute atomic E-state index is 0.0127. The second kappa shape index (κ2) is 9.83. The number of carbonyl (C=O) groups excluding carboxylic acids is 1. The van der Waals surface area contributed by atoms with Crippen LogP contribution in [0, 0.1) is 6.92 Å². The Bertz CT molecular complexity index is 1200. The molecule has 0 bridgehead atoms. The van der Waals surface area contributed by atoms with Crippen molar-refractivity contribution in [1.82, 2.24) is 19.9 Å². The molecule has 0 aliphatic heterocycles. The average Bonchev–Trinajstić information content (AvgIpc) is 2.82. The van der Waals surface area contributed by atoms with Crippen LogP contribution in [-0.4, -0.2) is 25.8 Å². The normalized spacial score (nSPS) is 10.7. The van der Waals surface area contributed by atoms with Crippen LogP contribution in [0.25, 0.3) is 11.4 Å². The van der Waals surface area contributed by atoms with E-state index < -0.39 is 0 Å². The van der Waals surface area contributed by atoms with E-state index >= 15 is 0 Å². The number of nitrogens with zero attached hydrogens (tertiary/aromatic N) is 3. The van der Waals surface area contributed by atoms with Gasteiger partial charge in [0.1, 0.15) is 5.82 Å². The first-order valence-electron chi connectivity index (χ1n) is 10.5. The summed E-state index contributed by atoms with van der Waals surface area (Å²) in [7, 11) is 0. The van der Waals surface area contributed by atoms with Gasteiger partial charge in [-0.3, -0.25) is 14.6 Å². The molecule has 0 aliphatic carbocycles. The quantitative estimate of drug-likeness (QED) is 0.488. The van der Waals surface area contributed by atoms with Crippen molar-refractivity contribution in [2.45, 2.75) is 26.4 Å². The molecule has 0 fully saturated rings. The van der Waals surface area contributed by atoms with Gasteiger partial charge in [-0.25, -0.2) is 4.98 Å². The molecule has 1 amide bonds. The minimum atomic E-state index is -0.302. The van der Waals surface area contributed by atoms with E-state index in [2.05, 4.69) is 15.0 Å².